The van der Waals surface area contributed by atoms with Crippen LogP contribution in [0, 0.1) is 5.41 Å². The van der Waals surface area contributed by atoms with Gasteiger partial charge in [-0.1, -0.05) is 31.4 Å². The Hall–Kier alpha value is -1.11. The van der Waals surface area contributed by atoms with Crippen LogP contribution < -0.4 is 15.8 Å². The molecule has 1 aromatic rings. The predicted octanol–water partition coefficient (Wildman–Crippen LogP) is 2.60. The number of para-hydroxylation sites is 1. The Morgan fingerprint density at radius 2 is 2.04 bits per heavy atom. The van der Waals surface area contributed by atoms with Crippen LogP contribution in [0.5, 0.6) is 5.75 Å². The van der Waals surface area contributed by atoms with E-state index in [0.29, 0.717) is 18.7 Å². The van der Waals surface area contributed by atoms with Crippen molar-refractivity contribution >= 4 is 21.8 Å². The maximum absolute atomic E-state index is 12.2. The van der Waals surface area contributed by atoms with Gasteiger partial charge in [0.2, 0.25) is 5.91 Å². The minimum absolute atomic E-state index is 0.0395. The third kappa shape index (κ3) is 5.76. The summed E-state index contributed by atoms with van der Waals surface area (Å²) in [6.07, 6.45) is 5.26. The molecule has 1 aliphatic carbocycles. The molecule has 134 valence electrons. The summed E-state index contributed by atoms with van der Waals surface area (Å²) in [5.41, 5.74) is 5.86. The van der Waals surface area contributed by atoms with Crippen molar-refractivity contribution in [3.63, 3.8) is 0 Å². The quantitative estimate of drug-likeness (QED) is 0.628. The summed E-state index contributed by atoms with van der Waals surface area (Å²) in [4.78, 5) is 12.2. The van der Waals surface area contributed by atoms with Crippen LogP contribution in [0.2, 0.25) is 0 Å². The molecule has 0 radical (unpaired) electrons. The van der Waals surface area contributed by atoms with Crippen LogP contribution in [-0.2, 0) is 4.79 Å². The van der Waals surface area contributed by atoms with Gasteiger partial charge in [0.1, 0.15) is 18.5 Å². The van der Waals surface area contributed by atoms with Crippen LogP contribution in [0.25, 0.3) is 0 Å². The van der Waals surface area contributed by atoms with E-state index in [2.05, 4.69) is 21.2 Å². The highest BCUT2D eigenvalue weighted by atomic mass is 79.9. The van der Waals surface area contributed by atoms with Gasteiger partial charge in [0.15, 0.2) is 0 Å². The molecule has 1 atom stereocenters. The van der Waals surface area contributed by atoms with Crippen molar-refractivity contribution in [1.82, 2.24) is 5.32 Å². The number of carbonyl (C=O) groups is 1. The average Bonchev–Trinajstić information content (AvgIpc) is 2.60. The molecule has 0 heterocycles. The van der Waals surface area contributed by atoms with Crippen molar-refractivity contribution in [2.24, 2.45) is 11.1 Å². The van der Waals surface area contributed by atoms with Crippen LogP contribution in [0.4, 0.5) is 0 Å². The Labute approximate surface area is 152 Å². The first-order chi connectivity index (χ1) is 11.5. The highest BCUT2D eigenvalue weighted by Gasteiger charge is 2.32. The van der Waals surface area contributed by atoms with E-state index in [1.165, 1.54) is 6.42 Å². The second kappa shape index (κ2) is 9.39. The van der Waals surface area contributed by atoms with E-state index in [1.54, 1.807) is 0 Å². The second-order valence-corrected chi connectivity index (χ2v) is 7.50. The summed E-state index contributed by atoms with van der Waals surface area (Å²) in [7, 11) is 0. The number of amides is 1. The Kier molecular flexibility index (Phi) is 7.52. The lowest BCUT2D eigenvalue weighted by atomic mass is 9.71. The zero-order valence-electron chi connectivity index (χ0n) is 14.0. The first-order valence-corrected chi connectivity index (χ1v) is 9.36. The molecule has 2 rings (SSSR count). The van der Waals surface area contributed by atoms with Crippen molar-refractivity contribution in [2.75, 3.05) is 19.7 Å². The van der Waals surface area contributed by atoms with Gasteiger partial charge in [-0.15, -0.1) is 0 Å². The standard InChI is InChI=1S/C18H27BrN2O3/c19-15-6-2-3-7-16(15)24-12-14(22)11-21-17(23)10-18(13-20)8-4-1-5-9-18/h2-3,6-7,14,22H,1,4-5,8-13,20H2,(H,21,23). The molecule has 0 aromatic heterocycles. The summed E-state index contributed by atoms with van der Waals surface area (Å²) in [6.45, 7) is 0.864. The molecule has 24 heavy (non-hydrogen) atoms. The van der Waals surface area contributed by atoms with Crippen LogP contribution in [-0.4, -0.2) is 36.8 Å². The number of aliphatic hydroxyl groups is 1. The number of ether oxygens (including phenoxy) is 1. The fraction of sp³-hybridized carbons (Fsp3) is 0.611. The molecule has 6 heteroatoms. The minimum Gasteiger partial charge on any atom is -0.490 e. The monoisotopic (exact) mass is 398 g/mol. The van der Waals surface area contributed by atoms with Gasteiger partial charge in [-0.2, -0.15) is 0 Å². The van der Waals surface area contributed by atoms with Gasteiger partial charge in [-0.3, -0.25) is 4.79 Å². The van der Waals surface area contributed by atoms with Crippen molar-refractivity contribution in [2.45, 2.75) is 44.6 Å². The number of hydrogen-bond donors (Lipinski definition) is 3. The lowest BCUT2D eigenvalue weighted by Gasteiger charge is -2.35. The number of benzene rings is 1. The summed E-state index contributed by atoms with van der Waals surface area (Å²) in [5, 5.41) is 12.8. The highest BCUT2D eigenvalue weighted by Crippen LogP contribution is 2.38. The molecule has 1 aliphatic rings. The summed E-state index contributed by atoms with van der Waals surface area (Å²) < 4.78 is 6.39. The molecule has 0 spiro atoms. The van der Waals surface area contributed by atoms with Crippen LogP contribution in [0.15, 0.2) is 28.7 Å². The molecule has 1 amide bonds. The number of aliphatic hydroxyl groups excluding tert-OH is 1. The number of rotatable bonds is 8. The molecule has 0 saturated heterocycles. The van der Waals surface area contributed by atoms with E-state index in [1.807, 2.05) is 24.3 Å². The Morgan fingerprint density at radius 1 is 1.33 bits per heavy atom. The smallest absolute Gasteiger partial charge is 0.220 e. The van der Waals surface area contributed by atoms with Gasteiger partial charge in [0.25, 0.3) is 0 Å². The zero-order valence-corrected chi connectivity index (χ0v) is 15.6. The average molecular weight is 399 g/mol. The normalized spacial score (nSPS) is 18.0. The molecule has 0 bridgehead atoms. The van der Waals surface area contributed by atoms with Crippen molar-refractivity contribution < 1.29 is 14.6 Å². The van der Waals surface area contributed by atoms with Gasteiger partial charge in [0, 0.05) is 13.0 Å². The first-order valence-electron chi connectivity index (χ1n) is 8.57. The highest BCUT2D eigenvalue weighted by molar-refractivity contribution is 9.10. The van der Waals surface area contributed by atoms with E-state index in [0.717, 1.165) is 30.2 Å². The molecule has 5 nitrogen and oxygen atoms in total. The zero-order chi connectivity index (χ0) is 17.4. The van der Waals surface area contributed by atoms with E-state index in [4.69, 9.17) is 10.5 Å². The minimum atomic E-state index is -0.749. The molecule has 1 saturated carbocycles. The van der Waals surface area contributed by atoms with E-state index >= 15 is 0 Å². The van der Waals surface area contributed by atoms with Gasteiger partial charge in [-0.25, -0.2) is 0 Å². The number of nitrogens with two attached hydrogens (primary N) is 1. The predicted molar refractivity (Wildman–Crippen MR) is 97.8 cm³/mol. The SMILES string of the molecule is NCC1(CC(=O)NCC(O)COc2ccccc2Br)CCCCC1. The van der Waals surface area contributed by atoms with E-state index in [9.17, 15) is 9.90 Å². The first kappa shape index (κ1) is 19.2. The Balaban J connectivity index is 1.72. The van der Waals surface area contributed by atoms with Crippen LogP contribution >= 0.6 is 15.9 Å². The van der Waals surface area contributed by atoms with E-state index in [-0.39, 0.29) is 24.5 Å². The molecule has 1 unspecified atom stereocenters. The van der Waals surface area contributed by atoms with Crippen LogP contribution in [0.3, 0.4) is 0 Å². The third-order valence-corrected chi connectivity index (χ3v) is 5.34. The van der Waals surface area contributed by atoms with E-state index < -0.39 is 6.10 Å². The lowest BCUT2D eigenvalue weighted by molar-refractivity contribution is -0.124. The second-order valence-electron chi connectivity index (χ2n) is 6.64. The third-order valence-electron chi connectivity index (χ3n) is 4.69. The molecular weight excluding hydrogens is 372 g/mol. The molecule has 1 fully saturated rings. The summed E-state index contributed by atoms with van der Waals surface area (Å²) in [5.74, 6) is 0.634. The van der Waals surface area contributed by atoms with Gasteiger partial charge >= 0.3 is 0 Å². The number of nitrogens with one attached hydrogen (secondary N) is 1. The van der Waals surface area contributed by atoms with Crippen molar-refractivity contribution in [3.8, 4) is 5.75 Å². The molecule has 1 aromatic carbocycles. The fourth-order valence-electron chi connectivity index (χ4n) is 3.20. The molecule has 0 aliphatic heterocycles. The molecule has 4 N–H and O–H groups in total. The van der Waals surface area contributed by atoms with Gasteiger partial charge in [0.05, 0.1) is 4.47 Å². The van der Waals surface area contributed by atoms with Gasteiger partial charge < -0.3 is 20.9 Å². The van der Waals surface area contributed by atoms with Gasteiger partial charge in [-0.05, 0) is 52.9 Å². The Morgan fingerprint density at radius 3 is 2.71 bits per heavy atom. The topological polar surface area (TPSA) is 84.6 Å². The number of halogens is 1. The largest absolute Gasteiger partial charge is 0.490 e. The maximum Gasteiger partial charge on any atom is 0.220 e. The number of carbonyl (C=O) groups excluding carboxylic acids is 1. The fourth-order valence-corrected chi connectivity index (χ4v) is 3.60. The molecular formula is C18H27BrN2O3. The summed E-state index contributed by atoms with van der Waals surface area (Å²) in [6, 6.07) is 7.46. The Bertz CT molecular complexity index is 533. The van der Waals surface area contributed by atoms with Crippen molar-refractivity contribution in [1.29, 1.82) is 0 Å². The maximum atomic E-state index is 12.2. The lowest BCUT2D eigenvalue weighted by Crippen LogP contribution is -2.41. The van der Waals surface area contributed by atoms with Crippen molar-refractivity contribution in [3.05, 3.63) is 28.7 Å². The van der Waals surface area contributed by atoms with Crippen LogP contribution in [0.1, 0.15) is 38.5 Å². The summed E-state index contributed by atoms with van der Waals surface area (Å²) >= 11 is 3.39. The number of hydrogen-bond acceptors (Lipinski definition) is 4.